The van der Waals surface area contributed by atoms with Gasteiger partial charge >= 0.3 is 0 Å². The molecule has 0 saturated carbocycles. The second kappa shape index (κ2) is 4.31. The van der Waals surface area contributed by atoms with Crippen LogP contribution in [0.5, 0.6) is 0 Å². The van der Waals surface area contributed by atoms with Gasteiger partial charge in [0.25, 0.3) is 0 Å². The van der Waals surface area contributed by atoms with Crippen LogP contribution in [0.1, 0.15) is 6.92 Å². The topological polar surface area (TPSA) is 69.6 Å². The van der Waals surface area contributed by atoms with Gasteiger partial charge in [-0.25, -0.2) is 0 Å². The maximum Gasteiger partial charge on any atom is 0.178 e. The summed E-state index contributed by atoms with van der Waals surface area (Å²) in [5.74, 6) is 2.18. The first-order valence-electron chi connectivity index (χ1n) is 4.57. The van der Waals surface area contributed by atoms with E-state index in [-0.39, 0.29) is 0 Å². The summed E-state index contributed by atoms with van der Waals surface area (Å²) in [5, 5.41) is 13.0. The fraction of sp³-hybridized carbons (Fsp3) is 0.222. The van der Waals surface area contributed by atoms with E-state index in [4.69, 9.17) is 5.73 Å². The molecule has 0 atom stereocenters. The summed E-state index contributed by atoms with van der Waals surface area (Å²) in [6.45, 7) is 2.07. The van der Waals surface area contributed by atoms with E-state index in [9.17, 15) is 0 Å². The molecule has 5 nitrogen and oxygen atoms in total. The molecule has 2 rings (SSSR count). The van der Waals surface area contributed by atoms with E-state index in [1.54, 1.807) is 28.7 Å². The number of nitrogens with zero attached hydrogens (tertiary/aromatic N) is 4. The number of aromatic nitrogens is 4. The predicted molar refractivity (Wildman–Crippen MR) is 60.0 cm³/mol. The normalized spacial score (nSPS) is 10.5. The Morgan fingerprint density at radius 2 is 2.40 bits per heavy atom. The summed E-state index contributed by atoms with van der Waals surface area (Å²) >= 11 is 1.64. The van der Waals surface area contributed by atoms with Crippen LogP contribution in [0, 0.1) is 0 Å². The van der Waals surface area contributed by atoms with E-state index in [0.717, 1.165) is 10.8 Å². The van der Waals surface area contributed by atoms with Crippen LogP contribution in [-0.2, 0) is 0 Å². The van der Waals surface area contributed by atoms with Crippen LogP contribution in [0.3, 0.4) is 0 Å². The van der Waals surface area contributed by atoms with E-state index in [1.165, 1.54) is 0 Å². The number of thioether (sulfide) groups is 1. The Balaban J connectivity index is 2.36. The Labute approximate surface area is 91.7 Å². The van der Waals surface area contributed by atoms with Gasteiger partial charge in [-0.3, -0.25) is 0 Å². The summed E-state index contributed by atoms with van der Waals surface area (Å²) < 4.78 is 1.59. The van der Waals surface area contributed by atoms with Crippen molar-refractivity contribution in [2.75, 3.05) is 11.5 Å². The number of anilines is 1. The fourth-order valence-electron chi connectivity index (χ4n) is 1.18. The van der Waals surface area contributed by atoms with Gasteiger partial charge in [-0.15, -0.1) is 16.9 Å². The molecule has 0 bridgehead atoms. The van der Waals surface area contributed by atoms with Crippen molar-refractivity contribution in [1.29, 1.82) is 0 Å². The Bertz CT molecular complexity index is 439. The molecule has 0 amide bonds. The highest BCUT2D eigenvalue weighted by Gasteiger charge is 2.07. The molecule has 0 aromatic carbocycles. The van der Waals surface area contributed by atoms with Crippen LogP contribution >= 0.6 is 11.8 Å². The van der Waals surface area contributed by atoms with Gasteiger partial charge in [-0.1, -0.05) is 6.92 Å². The van der Waals surface area contributed by atoms with Crippen LogP contribution in [0.2, 0.25) is 0 Å². The average molecular weight is 221 g/mol. The van der Waals surface area contributed by atoms with Crippen molar-refractivity contribution in [1.82, 2.24) is 20.0 Å². The highest BCUT2D eigenvalue weighted by atomic mass is 32.2. The van der Waals surface area contributed by atoms with Gasteiger partial charge in [0.15, 0.2) is 5.82 Å². The van der Waals surface area contributed by atoms with Gasteiger partial charge < -0.3 is 5.73 Å². The molecule has 0 saturated heterocycles. The van der Waals surface area contributed by atoms with E-state index >= 15 is 0 Å². The van der Waals surface area contributed by atoms with Crippen molar-refractivity contribution >= 4 is 17.6 Å². The third kappa shape index (κ3) is 2.10. The summed E-state index contributed by atoms with van der Waals surface area (Å²) in [6.07, 6.45) is 1.62. The van der Waals surface area contributed by atoms with Gasteiger partial charge in [-0.2, -0.15) is 14.9 Å². The summed E-state index contributed by atoms with van der Waals surface area (Å²) in [4.78, 5) is 0. The molecular formula is C9H11N5S. The Morgan fingerprint density at radius 1 is 1.53 bits per heavy atom. The lowest BCUT2D eigenvalue weighted by molar-refractivity contribution is 0.794. The minimum absolute atomic E-state index is 0.575. The molecule has 0 aliphatic carbocycles. The van der Waals surface area contributed by atoms with E-state index in [0.29, 0.717) is 11.6 Å². The molecule has 2 heterocycles. The molecule has 6 heteroatoms. The first kappa shape index (κ1) is 9.97. The second-order valence-electron chi connectivity index (χ2n) is 2.83. The van der Waals surface area contributed by atoms with Crippen molar-refractivity contribution < 1.29 is 0 Å². The lowest BCUT2D eigenvalue weighted by Gasteiger charge is -1.99. The van der Waals surface area contributed by atoms with E-state index in [1.807, 2.05) is 12.1 Å². The minimum atomic E-state index is 0.575. The summed E-state index contributed by atoms with van der Waals surface area (Å²) in [7, 11) is 0. The molecule has 0 radical (unpaired) electrons. The van der Waals surface area contributed by atoms with Gasteiger partial charge in [0, 0.05) is 12.3 Å². The van der Waals surface area contributed by atoms with Crippen LogP contribution < -0.4 is 5.73 Å². The average Bonchev–Trinajstić information content (AvgIpc) is 2.61. The first-order valence-corrected chi connectivity index (χ1v) is 5.56. The van der Waals surface area contributed by atoms with Crippen molar-refractivity contribution in [2.24, 2.45) is 0 Å². The quantitative estimate of drug-likeness (QED) is 0.792. The first-order chi connectivity index (χ1) is 7.31. The molecular weight excluding hydrogens is 210 g/mol. The standard InChI is InChI=1S/C9H11N5S/c1-2-15-9-6-7(10)14(13-9)8-4-3-5-11-12-8/h3-6H,2,10H2,1H3. The van der Waals surface area contributed by atoms with Crippen molar-refractivity contribution in [3.05, 3.63) is 24.4 Å². The van der Waals surface area contributed by atoms with Crippen LogP contribution in [-0.4, -0.2) is 25.7 Å². The molecule has 0 unspecified atom stereocenters. The third-order valence-electron chi connectivity index (χ3n) is 1.78. The maximum absolute atomic E-state index is 5.82. The number of hydrogen-bond donors (Lipinski definition) is 1. The van der Waals surface area contributed by atoms with E-state index < -0.39 is 0 Å². The highest BCUT2D eigenvalue weighted by molar-refractivity contribution is 7.99. The molecule has 2 N–H and O–H groups in total. The lowest BCUT2D eigenvalue weighted by Crippen LogP contribution is -2.04. The highest BCUT2D eigenvalue weighted by Crippen LogP contribution is 2.20. The van der Waals surface area contributed by atoms with Gasteiger partial charge in [0.05, 0.1) is 0 Å². The molecule has 0 aliphatic rings. The summed E-state index contributed by atoms with van der Waals surface area (Å²) in [5.41, 5.74) is 5.82. The Morgan fingerprint density at radius 3 is 3.07 bits per heavy atom. The van der Waals surface area contributed by atoms with Crippen LogP contribution in [0.15, 0.2) is 29.4 Å². The fourth-order valence-corrected chi connectivity index (χ4v) is 1.82. The Kier molecular flexibility index (Phi) is 2.86. The number of nitrogen functional groups attached to an aromatic ring is 1. The van der Waals surface area contributed by atoms with Crippen molar-refractivity contribution in [3.8, 4) is 5.82 Å². The van der Waals surface area contributed by atoms with Gasteiger partial charge in [0.2, 0.25) is 0 Å². The number of rotatable bonds is 3. The summed E-state index contributed by atoms with van der Waals surface area (Å²) in [6, 6.07) is 5.45. The SMILES string of the molecule is CCSc1cc(N)n(-c2cccnn2)n1. The second-order valence-corrected chi connectivity index (χ2v) is 4.12. The lowest BCUT2D eigenvalue weighted by atomic mass is 10.5. The van der Waals surface area contributed by atoms with Gasteiger partial charge in [0.1, 0.15) is 10.8 Å². The largest absolute Gasteiger partial charge is 0.383 e. The van der Waals surface area contributed by atoms with Crippen molar-refractivity contribution in [3.63, 3.8) is 0 Å². The molecule has 0 aliphatic heterocycles. The molecule has 78 valence electrons. The number of nitrogens with two attached hydrogens (primary N) is 1. The monoisotopic (exact) mass is 221 g/mol. The zero-order valence-corrected chi connectivity index (χ0v) is 9.11. The molecule has 2 aromatic rings. The molecule has 2 aromatic heterocycles. The third-order valence-corrected chi connectivity index (χ3v) is 2.57. The van der Waals surface area contributed by atoms with Crippen molar-refractivity contribution in [2.45, 2.75) is 11.9 Å². The van der Waals surface area contributed by atoms with Crippen LogP contribution in [0.25, 0.3) is 5.82 Å². The minimum Gasteiger partial charge on any atom is -0.383 e. The van der Waals surface area contributed by atoms with E-state index in [2.05, 4.69) is 22.2 Å². The molecule has 0 spiro atoms. The maximum atomic E-state index is 5.82. The predicted octanol–water partition coefficient (Wildman–Crippen LogP) is 1.36. The zero-order valence-electron chi connectivity index (χ0n) is 8.29. The smallest absolute Gasteiger partial charge is 0.178 e. The molecule has 0 fully saturated rings. The number of hydrogen-bond acceptors (Lipinski definition) is 5. The van der Waals surface area contributed by atoms with Gasteiger partial charge in [-0.05, 0) is 17.9 Å². The molecule has 15 heavy (non-hydrogen) atoms. The van der Waals surface area contributed by atoms with Crippen LogP contribution in [0.4, 0.5) is 5.82 Å². The Hall–Kier alpha value is -1.56. The zero-order chi connectivity index (χ0) is 10.7.